The summed E-state index contributed by atoms with van der Waals surface area (Å²) in [5.41, 5.74) is -0.182. The number of quaternary nitrogens is 1. The van der Waals surface area contributed by atoms with Gasteiger partial charge in [0.25, 0.3) is 0 Å². The molecule has 3 heteroatoms. The van der Waals surface area contributed by atoms with Crippen molar-refractivity contribution in [3.8, 4) is 0 Å². The highest BCUT2D eigenvalue weighted by Crippen LogP contribution is 2.28. The molecular weight excluding hydrogens is 202 g/mol. The van der Waals surface area contributed by atoms with Gasteiger partial charge < -0.3 is 9.59 Å². The van der Waals surface area contributed by atoms with E-state index in [0.29, 0.717) is 12.5 Å². The molecule has 0 heterocycles. The van der Waals surface area contributed by atoms with Crippen LogP contribution in [0.15, 0.2) is 0 Å². The lowest BCUT2D eigenvalue weighted by molar-refractivity contribution is -0.896. The summed E-state index contributed by atoms with van der Waals surface area (Å²) >= 11 is 0. The van der Waals surface area contributed by atoms with Crippen LogP contribution in [0.3, 0.4) is 0 Å². The highest BCUT2D eigenvalue weighted by molar-refractivity contribution is 5.71. The van der Waals surface area contributed by atoms with Gasteiger partial charge in [-0.2, -0.15) is 0 Å². The van der Waals surface area contributed by atoms with E-state index in [2.05, 4.69) is 27.9 Å². The Bertz CT molecular complexity index is 239. The topological polar surface area (TPSA) is 37.3 Å². The molecule has 1 N–H and O–H groups in total. The molecule has 0 aliphatic rings. The second-order valence-corrected chi connectivity index (χ2v) is 6.95. The lowest BCUT2D eigenvalue weighted by Crippen LogP contribution is -2.50. The van der Waals surface area contributed by atoms with Crippen LogP contribution in [0, 0.1) is 17.3 Å². The van der Waals surface area contributed by atoms with Crippen LogP contribution < -0.4 is 0 Å². The van der Waals surface area contributed by atoms with Crippen LogP contribution in [0.25, 0.3) is 0 Å². The zero-order valence-corrected chi connectivity index (χ0v) is 11.9. The molecule has 0 rings (SSSR count). The Kier molecular flexibility index (Phi) is 4.99. The van der Waals surface area contributed by atoms with Crippen LogP contribution in [-0.4, -0.2) is 42.7 Å². The summed E-state index contributed by atoms with van der Waals surface area (Å²) in [6.45, 7) is 12.1. The van der Waals surface area contributed by atoms with Crippen molar-refractivity contribution in [2.75, 3.05) is 27.2 Å². The molecule has 0 saturated carbocycles. The summed E-state index contributed by atoms with van der Waals surface area (Å²) in [5, 5.41) is 9.30. The predicted molar refractivity (Wildman–Crippen MR) is 67.3 cm³/mol. The van der Waals surface area contributed by atoms with E-state index in [1.807, 2.05) is 20.8 Å². The SMILES string of the molecule is CC(C)C[N+](C)(C)CC(C(=O)O)C(C)(C)C. The average Bonchev–Trinajstić information content (AvgIpc) is 1.94. The third-order valence-corrected chi connectivity index (χ3v) is 2.88. The maximum Gasteiger partial charge on any atom is 0.312 e. The van der Waals surface area contributed by atoms with Crippen molar-refractivity contribution in [3.05, 3.63) is 0 Å². The number of rotatable bonds is 5. The van der Waals surface area contributed by atoms with Crippen LogP contribution in [0.2, 0.25) is 0 Å². The first-order valence-corrected chi connectivity index (χ1v) is 6.00. The molecule has 1 unspecified atom stereocenters. The van der Waals surface area contributed by atoms with Crippen molar-refractivity contribution in [1.82, 2.24) is 0 Å². The van der Waals surface area contributed by atoms with E-state index in [9.17, 15) is 9.90 Å². The Morgan fingerprint density at radius 2 is 1.62 bits per heavy atom. The molecule has 0 aliphatic heterocycles. The molecule has 0 aromatic heterocycles. The van der Waals surface area contributed by atoms with Crippen LogP contribution in [-0.2, 0) is 4.79 Å². The second kappa shape index (κ2) is 5.17. The Hall–Kier alpha value is -0.570. The van der Waals surface area contributed by atoms with Gasteiger partial charge in [0.05, 0.1) is 27.2 Å². The predicted octanol–water partition coefficient (Wildman–Crippen LogP) is 2.47. The molecule has 0 bridgehead atoms. The van der Waals surface area contributed by atoms with Crippen LogP contribution >= 0.6 is 0 Å². The molecule has 0 aromatic carbocycles. The maximum absolute atomic E-state index is 11.3. The molecule has 16 heavy (non-hydrogen) atoms. The smallest absolute Gasteiger partial charge is 0.312 e. The number of nitrogens with zero attached hydrogens (tertiary/aromatic N) is 1. The fraction of sp³-hybridized carbons (Fsp3) is 0.923. The summed E-state index contributed by atoms with van der Waals surface area (Å²) in [6.07, 6.45) is 0. The van der Waals surface area contributed by atoms with Crippen LogP contribution in [0.5, 0.6) is 0 Å². The summed E-state index contributed by atoms with van der Waals surface area (Å²) in [6, 6.07) is 0. The lowest BCUT2D eigenvalue weighted by Gasteiger charge is -2.37. The number of aliphatic carboxylic acids is 1. The molecule has 96 valence electrons. The van der Waals surface area contributed by atoms with Crippen molar-refractivity contribution in [2.45, 2.75) is 34.6 Å². The van der Waals surface area contributed by atoms with E-state index < -0.39 is 5.97 Å². The minimum atomic E-state index is -0.678. The van der Waals surface area contributed by atoms with Crippen molar-refractivity contribution >= 4 is 5.97 Å². The Morgan fingerprint density at radius 3 is 1.88 bits per heavy atom. The molecule has 1 atom stereocenters. The molecule has 0 amide bonds. The summed E-state index contributed by atoms with van der Waals surface area (Å²) in [4.78, 5) is 11.3. The van der Waals surface area contributed by atoms with E-state index in [1.54, 1.807) is 0 Å². The summed E-state index contributed by atoms with van der Waals surface area (Å²) in [7, 11) is 4.23. The van der Waals surface area contributed by atoms with Gasteiger partial charge in [-0.1, -0.05) is 34.6 Å². The number of carboxylic acids is 1. The van der Waals surface area contributed by atoms with Gasteiger partial charge in [0.2, 0.25) is 0 Å². The quantitative estimate of drug-likeness (QED) is 0.737. The molecule has 0 radical (unpaired) electrons. The van der Waals surface area contributed by atoms with Crippen LogP contribution in [0.4, 0.5) is 0 Å². The highest BCUT2D eigenvalue weighted by atomic mass is 16.4. The molecular formula is C13H28NO2+. The number of carboxylic acid groups (broad SMARTS) is 1. The highest BCUT2D eigenvalue weighted by Gasteiger charge is 2.37. The molecule has 0 fully saturated rings. The van der Waals surface area contributed by atoms with Gasteiger partial charge in [-0.05, 0) is 5.41 Å². The standard InChI is InChI=1S/C13H27NO2/c1-10(2)8-14(6,7)9-11(12(15)16)13(3,4)5/h10-11H,8-9H2,1-7H3/p+1. The third-order valence-electron chi connectivity index (χ3n) is 2.88. The van der Waals surface area contributed by atoms with Crippen molar-refractivity contribution in [2.24, 2.45) is 17.3 Å². The van der Waals surface area contributed by atoms with E-state index in [1.165, 1.54) is 0 Å². The number of carbonyl (C=O) groups is 1. The van der Waals surface area contributed by atoms with Gasteiger partial charge in [0, 0.05) is 5.92 Å². The average molecular weight is 230 g/mol. The molecule has 0 spiro atoms. The van der Waals surface area contributed by atoms with Crippen LogP contribution in [0.1, 0.15) is 34.6 Å². The Labute approximate surface area is 100 Å². The van der Waals surface area contributed by atoms with Gasteiger partial charge in [0.15, 0.2) is 0 Å². The lowest BCUT2D eigenvalue weighted by atomic mass is 9.80. The number of hydrogen-bond acceptors (Lipinski definition) is 1. The monoisotopic (exact) mass is 230 g/mol. The molecule has 3 nitrogen and oxygen atoms in total. The zero-order chi connectivity index (χ0) is 13.1. The van der Waals surface area contributed by atoms with E-state index in [0.717, 1.165) is 11.0 Å². The Morgan fingerprint density at radius 1 is 1.19 bits per heavy atom. The first kappa shape index (κ1) is 15.4. The van der Waals surface area contributed by atoms with Gasteiger partial charge in [0.1, 0.15) is 5.92 Å². The summed E-state index contributed by atoms with van der Waals surface area (Å²) < 4.78 is 0.770. The van der Waals surface area contributed by atoms with Crippen molar-refractivity contribution in [1.29, 1.82) is 0 Å². The second-order valence-electron chi connectivity index (χ2n) is 6.95. The molecule has 0 aromatic rings. The molecule has 0 aliphatic carbocycles. The first-order valence-electron chi connectivity index (χ1n) is 6.00. The fourth-order valence-corrected chi connectivity index (χ4v) is 2.28. The van der Waals surface area contributed by atoms with E-state index >= 15 is 0 Å². The number of hydrogen-bond donors (Lipinski definition) is 1. The van der Waals surface area contributed by atoms with Crippen molar-refractivity contribution in [3.63, 3.8) is 0 Å². The van der Waals surface area contributed by atoms with E-state index in [4.69, 9.17) is 0 Å². The van der Waals surface area contributed by atoms with Crippen molar-refractivity contribution < 1.29 is 14.4 Å². The minimum Gasteiger partial charge on any atom is -0.481 e. The normalized spacial score (nSPS) is 15.2. The third kappa shape index (κ3) is 5.50. The maximum atomic E-state index is 11.3. The van der Waals surface area contributed by atoms with Gasteiger partial charge in [-0.3, -0.25) is 4.79 Å². The molecule has 0 saturated heterocycles. The van der Waals surface area contributed by atoms with Gasteiger partial charge in [-0.15, -0.1) is 0 Å². The Balaban J connectivity index is 4.70. The zero-order valence-electron chi connectivity index (χ0n) is 11.9. The summed E-state index contributed by atoms with van der Waals surface area (Å²) in [5.74, 6) is -0.381. The minimum absolute atomic E-state index is 0.182. The van der Waals surface area contributed by atoms with Gasteiger partial charge in [-0.25, -0.2) is 0 Å². The van der Waals surface area contributed by atoms with E-state index in [-0.39, 0.29) is 11.3 Å². The van der Waals surface area contributed by atoms with Gasteiger partial charge >= 0.3 is 5.97 Å². The fourth-order valence-electron chi connectivity index (χ4n) is 2.28. The first-order chi connectivity index (χ1) is 6.96. The largest absolute Gasteiger partial charge is 0.481 e.